The van der Waals surface area contributed by atoms with Crippen LogP contribution in [0.25, 0.3) is 0 Å². The van der Waals surface area contributed by atoms with Gasteiger partial charge in [0.15, 0.2) is 5.76 Å². The minimum Gasteiger partial charge on any atom is -0.359 e. The van der Waals surface area contributed by atoms with Crippen LogP contribution in [0.1, 0.15) is 35.9 Å². The van der Waals surface area contributed by atoms with E-state index in [9.17, 15) is 0 Å². The lowest BCUT2D eigenvalue weighted by Gasteiger charge is -2.22. The topological polar surface area (TPSA) is 29.3 Å². The van der Waals surface area contributed by atoms with Crippen molar-refractivity contribution >= 4 is 15.9 Å². The van der Waals surface area contributed by atoms with Crippen LogP contribution in [-0.2, 0) is 6.54 Å². The number of halogens is 1. The van der Waals surface area contributed by atoms with Crippen LogP contribution in [0.15, 0.2) is 39.3 Å². The summed E-state index contributed by atoms with van der Waals surface area (Å²) in [4.78, 5) is 2.47. The molecule has 0 N–H and O–H groups in total. The first kappa shape index (κ1) is 12.9. The number of nitrogens with zero attached hydrogens (tertiary/aromatic N) is 2. The van der Waals surface area contributed by atoms with Gasteiger partial charge in [-0.15, -0.1) is 0 Å². The lowest BCUT2D eigenvalue weighted by Crippen LogP contribution is -2.22. The van der Waals surface area contributed by atoms with Gasteiger partial charge in [0, 0.05) is 17.1 Å². The average molecular weight is 321 g/mol. The molecule has 0 amide bonds. The Labute approximate surface area is 121 Å². The van der Waals surface area contributed by atoms with Crippen LogP contribution in [0, 0.1) is 6.92 Å². The van der Waals surface area contributed by atoms with Gasteiger partial charge >= 0.3 is 0 Å². The second kappa shape index (κ2) is 5.47. The van der Waals surface area contributed by atoms with Crippen molar-refractivity contribution in [3.05, 3.63) is 51.8 Å². The first-order valence-electron chi connectivity index (χ1n) is 6.64. The third-order valence-corrected chi connectivity index (χ3v) is 4.11. The van der Waals surface area contributed by atoms with Crippen LogP contribution < -0.4 is 0 Å². The van der Waals surface area contributed by atoms with E-state index in [4.69, 9.17) is 4.52 Å². The number of aryl methyl sites for hydroxylation is 1. The molecule has 1 atom stereocenters. The maximum atomic E-state index is 5.44. The van der Waals surface area contributed by atoms with E-state index in [1.54, 1.807) is 0 Å². The highest BCUT2D eigenvalue weighted by Gasteiger charge is 2.28. The highest BCUT2D eigenvalue weighted by molar-refractivity contribution is 9.10. The van der Waals surface area contributed by atoms with Gasteiger partial charge in [0.05, 0.1) is 11.7 Å². The SMILES string of the molecule is Cc1cc(C2CCCN2Cc2cccc(Br)c2)on1. The Morgan fingerprint density at radius 2 is 2.32 bits per heavy atom. The van der Waals surface area contributed by atoms with Gasteiger partial charge in [0.2, 0.25) is 0 Å². The largest absolute Gasteiger partial charge is 0.359 e. The van der Waals surface area contributed by atoms with Crippen molar-refractivity contribution in [3.8, 4) is 0 Å². The Balaban J connectivity index is 1.76. The van der Waals surface area contributed by atoms with E-state index < -0.39 is 0 Å². The summed E-state index contributed by atoms with van der Waals surface area (Å²) in [6.45, 7) is 4.06. The molecule has 100 valence electrons. The van der Waals surface area contributed by atoms with Crippen LogP contribution >= 0.6 is 15.9 Å². The second-order valence-corrected chi connectivity index (χ2v) is 6.04. The minimum atomic E-state index is 0.375. The van der Waals surface area contributed by atoms with Crippen LogP contribution in [0.3, 0.4) is 0 Å². The lowest BCUT2D eigenvalue weighted by atomic mass is 10.1. The normalized spacial score (nSPS) is 20.0. The van der Waals surface area contributed by atoms with Crippen molar-refractivity contribution in [1.82, 2.24) is 10.1 Å². The Bertz CT molecular complexity index is 567. The fraction of sp³-hybridized carbons (Fsp3) is 0.400. The molecule has 0 saturated carbocycles. The monoisotopic (exact) mass is 320 g/mol. The van der Waals surface area contributed by atoms with Crippen LogP contribution in [-0.4, -0.2) is 16.6 Å². The molecule has 0 radical (unpaired) electrons. The van der Waals surface area contributed by atoms with Crippen molar-refractivity contribution in [1.29, 1.82) is 0 Å². The third kappa shape index (κ3) is 2.90. The molecular weight excluding hydrogens is 304 g/mol. The number of benzene rings is 1. The summed E-state index contributed by atoms with van der Waals surface area (Å²) in [5, 5.41) is 4.01. The number of likely N-dealkylation sites (tertiary alicyclic amines) is 1. The summed E-state index contributed by atoms with van der Waals surface area (Å²) in [5.74, 6) is 1.00. The summed E-state index contributed by atoms with van der Waals surface area (Å²) in [7, 11) is 0. The molecule has 0 spiro atoms. The maximum absolute atomic E-state index is 5.44. The zero-order valence-electron chi connectivity index (χ0n) is 11.0. The van der Waals surface area contributed by atoms with Crippen molar-refractivity contribution in [2.45, 2.75) is 32.4 Å². The van der Waals surface area contributed by atoms with Crippen molar-refractivity contribution < 1.29 is 4.52 Å². The molecule has 3 nitrogen and oxygen atoms in total. The van der Waals surface area contributed by atoms with Crippen LogP contribution in [0.2, 0.25) is 0 Å². The van der Waals surface area contributed by atoms with Crippen molar-refractivity contribution in [3.63, 3.8) is 0 Å². The molecule has 0 bridgehead atoms. The number of hydrogen-bond acceptors (Lipinski definition) is 3. The molecule has 4 heteroatoms. The Morgan fingerprint density at radius 1 is 1.42 bits per heavy atom. The molecule has 19 heavy (non-hydrogen) atoms. The lowest BCUT2D eigenvalue weighted by molar-refractivity contribution is 0.206. The molecule has 2 aromatic rings. The number of rotatable bonds is 3. The zero-order valence-corrected chi connectivity index (χ0v) is 12.6. The van der Waals surface area contributed by atoms with E-state index in [1.165, 1.54) is 12.0 Å². The number of aromatic nitrogens is 1. The van der Waals surface area contributed by atoms with Crippen molar-refractivity contribution in [2.75, 3.05) is 6.54 Å². The highest BCUT2D eigenvalue weighted by atomic mass is 79.9. The summed E-state index contributed by atoms with van der Waals surface area (Å²) < 4.78 is 6.57. The molecule has 1 fully saturated rings. The highest BCUT2D eigenvalue weighted by Crippen LogP contribution is 2.33. The summed E-state index contributed by atoms with van der Waals surface area (Å²) in [6.07, 6.45) is 2.38. The average Bonchev–Trinajstić information content (AvgIpc) is 2.98. The third-order valence-electron chi connectivity index (χ3n) is 3.61. The molecule has 1 unspecified atom stereocenters. The van der Waals surface area contributed by atoms with Gasteiger partial charge in [-0.2, -0.15) is 0 Å². The predicted octanol–water partition coefficient (Wildman–Crippen LogP) is 4.08. The van der Waals surface area contributed by atoms with Crippen molar-refractivity contribution in [2.24, 2.45) is 0 Å². The predicted molar refractivity (Wildman–Crippen MR) is 77.8 cm³/mol. The van der Waals surface area contributed by atoms with Gasteiger partial charge in [0.25, 0.3) is 0 Å². The van der Waals surface area contributed by atoms with E-state index in [-0.39, 0.29) is 0 Å². The van der Waals surface area contributed by atoms with Gasteiger partial charge in [-0.25, -0.2) is 0 Å². The molecule has 1 aliphatic rings. The molecular formula is C15H17BrN2O. The van der Waals surface area contributed by atoms with Crippen LogP contribution in [0.4, 0.5) is 0 Å². The summed E-state index contributed by atoms with van der Waals surface area (Å²) in [5.41, 5.74) is 2.29. The second-order valence-electron chi connectivity index (χ2n) is 5.13. The molecule has 1 aromatic heterocycles. The molecule has 3 rings (SSSR count). The molecule has 1 saturated heterocycles. The van der Waals surface area contributed by atoms with Gasteiger partial charge in [-0.1, -0.05) is 33.2 Å². The van der Waals surface area contributed by atoms with E-state index in [0.29, 0.717) is 6.04 Å². The van der Waals surface area contributed by atoms with Crippen LogP contribution in [0.5, 0.6) is 0 Å². The Kier molecular flexibility index (Phi) is 3.71. The Hall–Kier alpha value is -1.13. The van der Waals surface area contributed by atoms with E-state index >= 15 is 0 Å². The summed E-state index contributed by atoms with van der Waals surface area (Å²) in [6, 6.07) is 10.9. The molecule has 1 aromatic carbocycles. The van der Waals surface area contributed by atoms with Gasteiger partial charge < -0.3 is 4.52 Å². The van der Waals surface area contributed by atoms with Gasteiger partial charge in [-0.3, -0.25) is 4.90 Å². The number of hydrogen-bond donors (Lipinski definition) is 0. The molecule has 2 heterocycles. The van der Waals surface area contributed by atoms with Gasteiger partial charge in [0.1, 0.15) is 0 Å². The fourth-order valence-corrected chi connectivity index (χ4v) is 3.19. The summed E-state index contributed by atoms with van der Waals surface area (Å²) >= 11 is 3.53. The molecule has 0 aliphatic carbocycles. The standard InChI is InChI=1S/C15H17BrN2O/c1-11-8-15(19-17-11)14-6-3-7-18(14)10-12-4-2-5-13(16)9-12/h2,4-5,8-9,14H,3,6-7,10H2,1H3. The quantitative estimate of drug-likeness (QED) is 0.853. The smallest absolute Gasteiger partial charge is 0.154 e. The molecule has 1 aliphatic heterocycles. The van der Waals surface area contributed by atoms with Gasteiger partial charge in [-0.05, 0) is 44.0 Å². The zero-order chi connectivity index (χ0) is 13.2. The first-order valence-corrected chi connectivity index (χ1v) is 7.43. The Morgan fingerprint density at radius 3 is 3.05 bits per heavy atom. The fourth-order valence-electron chi connectivity index (χ4n) is 2.75. The minimum absolute atomic E-state index is 0.375. The van der Waals surface area contributed by atoms with E-state index in [0.717, 1.165) is 35.4 Å². The first-order chi connectivity index (χ1) is 9.22. The maximum Gasteiger partial charge on any atom is 0.154 e. The van der Waals surface area contributed by atoms with E-state index in [1.807, 2.05) is 6.92 Å². The van der Waals surface area contributed by atoms with E-state index in [2.05, 4.69) is 56.3 Å².